The summed E-state index contributed by atoms with van der Waals surface area (Å²) in [5.74, 6) is 0.488. The minimum atomic E-state index is -0.246. The summed E-state index contributed by atoms with van der Waals surface area (Å²) in [5.41, 5.74) is 11.3. The van der Waals surface area contributed by atoms with Gasteiger partial charge in [-0.05, 0) is 61.4 Å². The molecule has 0 aliphatic heterocycles. The maximum absolute atomic E-state index is 13.2. The van der Waals surface area contributed by atoms with Gasteiger partial charge in [-0.15, -0.1) is 0 Å². The van der Waals surface area contributed by atoms with Crippen LogP contribution in [0, 0.1) is 5.82 Å². The third-order valence-corrected chi connectivity index (χ3v) is 4.29. The first-order valence-corrected chi connectivity index (χ1v) is 8.80. The van der Waals surface area contributed by atoms with E-state index in [-0.39, 0.29) is 11.9 Å². The van der Waals surface area contributed by atoms with Gasteiger partial charge in [-0.2, -0.15) is 0 Å². The minimum absolute atomic E-state index is 0.0695. The van der Waals surface area contributed by atoms with Crippen molar-refractivity contribution in [1.82, 2.24) is 9.38 Å². The molecule has 0 saturated carbocycles. The molecule has 0 unspecified atom stereocenters. The number of nitrogens with two attached hydrogens (primary N) is 1. The van der Waals surface area contributed by atoms with Crippen molar-refractivity contribution in [2.45, 2.75) is 20.0 Å². The van der Waals surface area contributed by atoms with Crippen LogP contribution in [-0.2, 0) is 0 Å². The Balaban J connectivity index is 1.76. The predicted molar refractivity (Wildman–Crippen MR) is 106 cm³/mol. The second-order valence-corrected chi connectivity index (χ2v) is 6.75. The fourth-order valence-electron chi connectivity index (χ4n) is 3.13. The normalized spacial score (nSPS) is 11.3. The monoisotopic (exact) mass is 361 g/mol. The molecular formula is C22H20FN3O. The summed E-state index contributed by atoms with van der Waals surface area (Å²) >= 11 is 0. The molecule has 0 aliphatic carbocycles. The van der Waals surface area contributed by atoms with Gasteiger partial charge in [0.25, 0.3) is 0 Å². The molecule has 0 radical (unpaired) electrons. The number of nitrogen functional groups attached to an aromatic ring is 1. The lowest BCUT2D eigenvalue weighted by atomic mass is 10.1. The molecule has 0 atom stereocenters. The van der Waals surface area contributed by atoms with Gasteiger partial charge in [0, 0.05) is 23.5 Å². The first kappa shape index (κ1) is 17.1. The zero-order valence-electron chi connectivity index (χ0n) is 15.2. The quantitative estimate of drug-likeness (QED) is 0.510. The van der Waals surface area contributed by atoms with Crippen molar-refractivity contribution < 1.29 is 9.13 Å². The number of fused-ring (bicyclic) bond motifs is 1. The van der Waals surface area contributed by atoms with Gasteiger partial charge in [0.1, 0.15) is 17.2 Å². The molecule has 0 saturated heterocycles. The molecule has 4 nitrogen and oxygen atoms in total. The van der Waals surface area contributed by atoms with Crippen LogP contribution in [0.3, 0.4) is 0 Å². The lowest BCUT2D eigenvalue weighted by Gasteiger charge is -2.12. The molecule has 4 aromatic rings. The number of imidazole rings is 1. The molecule has 0 bridgehead atoms. The Kier molecular flexibility index (Phi) is 4.28. The van der Waals surface area contributed by atoms with Gasteiger partial charge >= 0.3 is 0 Å². The first-order chi connectivity index (χ1) is 13.0. The van der Waals surface area contributed by atoms with E-state index >= 15 is 0 Å². The Labute approximate surface area is 157 Å². The van der Waals surface area contributed by atoms with Crippen LogP contribution in [0.25, 0.3) is 28.0 Å². The van der Waals surface area contributed by atoms with Crippen molar-refractivity contribution in [3.05, 3.63) is 72.8 Å². The summed E-state index contributed by atoms with van der Waals surface area (Å²) < 4.78 is 20.9. The summed E-state index contributed by atoms with van der Waals surface area (Å²) in [6.45, 7) is 3.96. The number of halogens is 1. The van der Waals surface area contributed by atoms with Gasteiger partial charge in [0.05, 0.1) is 18.0 Å². The summed E-state index contributed by atoms with van der Waals surface area (Å²) in [7, 11) is 0. The van der Waals surface area contributed by atoms with E-state index in [4.69, 9.17) is 10.5 Å². The fourth-order valence-corrected chi connectivity index (χ4v) is 3.13. The molecule has 136 valence electrons. The molecule has 2 aromatic heterocycles. The molecule has 0 amide bonds. The number of pyridine rings is 1. The topological polar surface area (TPSA) is 52.5 Å². The van der Waals surface area contributed by atoms with Crippen molar-refractivity contribution in [1.29, 1.82) is 0 Å². The average Bonchev–Trinajstić information content (AvgIpc) is 3.04. The largest absolute Gasteiger partial charge is 0.491 e. The molecule has 2 heterocycles. The molecule has 27 heavy (non-hydrogen) atoms. The van der Waals surface area contributed by atoms with Gasteiger partial charge in [-0.25, -0.2) is 9.37 Å². The number of aromatic nitrogens is 2. The first-order valence-electron chi connectivity index (χ1n) is 8.80. The van der Waals surface area contributed by atoms with E-state index in [1.54, 1.807) is 12.1 Å². The van der Waals surface area contributed by atoms with Crippen molar-refractivity contribution >= 4 is 11.3 Å². The standard InChI is InChI=1S/C22H20FN3O/c1-14(2)27-20-10-17(9-19(24)12-20)21-13-25-22-11-16(7-8-26(21)22)15-3-5-18(23)6-4-15/h3-14H,24H2,1-2H3. The maximum Gasteiger partial charge on any atom is 0.137 e. The van der Waals surface area contributed by atoms with E-state index in [2.05, 4.69) is 4.98 Å². The second kappa shape index (κ2) is 6.76. The predicted octanol–water partition coefficient (Wildman–Crippen LogP) is 5.18. The Morgan fingerprint density at radius 2 is 1.74 bits per heavy atom. The highest BCUT2D eigenvalue weighted by molar-refractivity contribution is 5.73. The number of nitrogens with zero attached hydrogens (tertiary/aromatic N) is 2. The van der Waals surface area contributed by atoms with E-state index < -0.39 is 0 Å². The highest BCUT2D eigenvalue weighted by Gasteiger charge is 2.10. The fraction of sp³-hybridized carbons (Fsp3) is 0.136. The molecule has 0 aliphatic rings. The second-order valence-electron chi connectivity index (χ2n) is 6.75. The molecule has 0 fully saturated rings. The summed E-state index contributed by atoms with van der Waals surface area (Å²) in [4.78, 5) is 4.53. The zero-order chi connectivity index (χ0) is 19.0. The van der Waals surface area contributed by atoms with Gasteiger partial charge < -0.3 is 10.5 Å². The molecule has 2 N–H and O–H groups in total. The van der Waals surface area contributed by atoms with E-state index in [1.807, 2.05) is 61.0 Å². The van der Waals surface area contributed by atoms with Crippen molar-refractivity contribution in [3.8, 4) is 28.1 Å². The van der Waals surface area contributed by atoms with Gasteiger partial charge in [-0.1, -0.05) is 12.1 Å². The van der Waals surface area contributed by atoms with Crippen molar-refractivity contribution in [2.75, 3.05) is 5.73 Å². The van der Waals surface area contributed by atoms with E-state index in [1.165, 1.54) is 12.1 Å². The van der Waals surface area contributed by atoms with Crippen LogP contribution in [-0.4, -0.2) is 15.5 Å². The molecule has 5 heteroatoms. The van der Waals surface area contributed by atoms with Crippen LogP contribution in [0.5, 0.6) is 5.75 Å². The number of anilines is 1. The van der Waals surface area contributed by atoms with E-state index in [0.717, 1.165) is 33.8 Å². The lowest BCUT2D eigenvalue weighted by molar-refractivity contribution is 0.242. The minimum Gasteiger partial charge on any atom is -0.491 e. The van der Waals surface area contributed by atoms with Crippen LogP contribution in [0.2, 0.25) is 0 Å². The van der Waals surface area contributed by atoms with Crippen LogP contribution >= 0.6 is 0 Å². The van der Waals surface area contributed by atoms with Crippen LogP contribution < -0.4 is 10.5 Å². The Bertz CT molecular complexity index is 1100. The van der Waals surface area contributed by atoms with Gasteiger partial charge in [0.15, 0.2) is 0 Å². The third-order valence-electron chi connectivity index (χ3n) is 4.29. The van der Waals surface area contributed by atoms with Gasteiger partial charge in [-0.3, -0.25) is 4.40 Å². The Morgan fingerprint density at radius 3 is 2.48 bits per heavy atom. The summed E-state index contributed by atoms with van der Waals surface area (Å²) in [5, 5.41) is 0. The van der Waals surface area contributed by atoms with Crippen LogP contribution in [0.15, 0.2) is 67.0 Å². The van der Waals surface area contributed by atoms with Crippen LogP contribution in [0.1, 0.15) is 13.8 Å². The number of ether oxygens (including phenoxy) is 1. The highest BCUT2D eigenvalue weighted by Crippen LogP contribution is 2.30. The van der Waals surface area contributed by atoms with Crippen molar-refractivity contribution in [2.24, 2.45) is 0 Å². The lowest BCUT2D eigenvalue weighted by Crippen LogP contribution is -2.06. The molecule has 4 rings (SSSR count). The Hall–Kier alpha value is -3.34. The zero-order valence-corrected chi connectivity index (χ0v) is 15.2. The Morgan fingerprint density at radius 1 is 0.963 bits per heavy atom. The average molecular weight is 361 g/mol. The van der Waals surface area contributed by atoms with Crippen LogP contribution in [0.4, 0.5) is 10.1 Å². The molecular weight excluding hydrogens is 341 g/mol. The number of hydrogen-bond acceptors (Lipinski definition) is 3. The van der Waals surface area contributed by atoms with Crippen molar-refractivity contribution in [3.63, 3.8) is 0 Å². The highest BCUT2D eigenvalue weighted by atomic mass is 19.1. The summed E-state index contributed by atoms with van der Waals surface area (Å²) in [6.07, 6.45) is 3.85. The number of hydrogen-bond donors (Lipinski definition) is 1. The number of benzene rings is 2. The summed E-state index contributed by atoms with van der Waals surface area (Å²) in [6, 6.07) is 16.1. The third kappa shape index (κ3) is 3.49. The maximum atomic E-state index is 13.2. The smallest absolute Gasteiger partial charge is 0.137 e. The van der Waals surface area contributed by atoms with E-state index in [9.17, 15) is 4.39 Å². The van der Waals surface area contributed by atoms with E-state index in [0.29, 0.717) is 5.69 Å². The molecule has 0 spiro atoms. The van der Waals surface area contributed by atoms with Gasteiger partial charge in [0.2, 0.25) is 0 Å². The molecule has 2 aromatic carbocycles. The number of rotatable bonds is 4. The SMILES string of the molecule is CC(C)Oc1cc(N)cc(-c2cnc3cc(-c4ccc(F)cc4)ccn23)c1.